The Bertz CT molecular complexity index is 552. The number of nitrogens with zero attached hydrogens (tertiary/aromatic N) is 1. The number of hydrogen-bond donors (Lipinski definition) is 1. The molecule has 0 spiro atoms. The summed E-state index contributed by atoms with van der Waals surface area (Å²) in [5.41, 5.74) is 2.35. The van der Waals surface area contributed by atoms with E-state index in [1.54, 1.807) is 14.2 Å². The standard InChI is InChI=1S/C13H15NO3/c1-8-6-9(7-15)12-10(16-2)4-5-11(17-3)13(12)14-8/h4-6,15H,7H2,1-3H3. The van der Waals surface area contributed by atoms with Crippen molar-refractivity contribution >= 4 is 10.9 Å². The van der Waals surface area contributed by atoms with Crippen LogP contribution in [0.1, 0.15) is 11.3 Å². The lowest BCUT2D eigenvalue weighted by Gasteiger charge is -2.12. The van der Waals surface area contributed by atoms with Gasteiger partial charge in [-0.2, -0.15) is 0 Å². The lowest BCUT2D eigenvalue weighted by atomic mass is 10.1. The van der Waals surface area contributed by atoms with Gasteiger partial charge in [0.25, 0.3) is 0 Å². The second-order valence-corrected chi connectivity index (χ2v) is 3.77. The highest BCUT2D eigenvalue weighted by molar-refractivity contribution is 5.93. The van der Waals surface area contributed by atoms with Gasteiger partial charge in [0.05, 0.1) is 26.2 Å². The van der Waals surface area contributed by atoms with Gasteiger partial charge >= 0.3 is 0 Å². The van der Waals surface area contributed by atoms with Crippen molar-refractivity contribution in [1.29, 1.82) is 0 Å². The molecule has 0 aliphatic carbocycles. The zero-order valence-corrected chi connectivity index (χ0v) is 10.2. The number of aliphatic hydroxyl groups excluding tert-OH is 1. The number of aliphatic hydroxyl groups is 1. The molecule has 1 aromatic heterocycles. The summed E-state index contributed by atoms with van der Waals surface area (Å²) >= 11 is 0. The van der Waals surface area contributed by atoms with Gasteiger partial charge in [0, 0.05) is 5.69 Å². The number of pyridine rings is 1. The summed E-state index contributed by atoms with van der Waals surface area (Å²) in [6.07, 6.45) is 0. The van der Waals surface area contributed by atoms with Crippen molar-refractivity contribution < 1.29 is 14.6 Å². The number of aromatic nitrogens is 1. The van der Waals surface area contributed by atoms with E-state index >= 15 is 0 Å². The second kappa shape index (κ2) is 4.59. The first-order valence-electron chi connectivity index (χ1n) is 5.33. The number of ether oxygens (including phenoxy) is 2. The van der Waals surface area contributed by atoms with Gasteiger partial charge in [-0.25, -0.2) is 4.98 Å². The van der Waals surface area contributed by atoms with E-state index in [-0.39, 0.29) is 6.61 Å². The monoisotopic (exact) mass is 233 g/mol. The highest BCUT2D eigenvalue weighted by Gasteiger charge is 2.13. The fraction of sp³-hybridized carbons (Fsp3) is 0.308. The van der Waals surface area contributed by atoms with Crippen LogP contribution in [-0.4, -0.2) is 24.3 Å². The molecule has 1 N–H and O–H groups in total. The topological polar surface area (TPSA) is 51.6 Å². The van der Waals surface area contributed by atoms with Crippen molar-refractivity contribution in [2.24, 2.45) is 0 Å². The Morgan fingerprint density at radius 3 is 2.41 bits per heavy atom. The number of rotatable bonds is 3. The van der Waals surface area contributed by atoms with Gasteiger partial charge in [-0.05, 0) is 30.7 Å². The van der Waals surface area contributed by atoms with Crippen LogP contribution >= 0.6 is 0 Å². The Hall–Kier alpha value is -1.81. The van der Waals surface area contributed by atoms with Crippen molar-refractivity contribution in [3.05, 3.63) is 29.5 Å². The van der Waals surface area contributed by atoms with Crippen LogP contribution in [0.3, 0.4) is 0 Å². The van der Waals surface area contributed by atoms with E-state index in [4.69, 9.17) is 9.47 Å². The predicted molar refractivity (Wildman–Crippen MR) is 65.5 cm³/mol. The first kappa shape index (κ1) is 11.7. The van der Waals surface area contributed by atoms with Crippen LogP contribution in [0, 0.1) is 6.92 Å². The zero-order chi connectivity index (χ0) is 12.4. The van der Waals surface area contributed by atoms with E-state index in [9.17, 15) is 5.11 Å². The molecule has 0 fully saturated rings. The van der Waals surface area contributed by atoms with E-state index < -0.39 is 0 Å². The molecule has 0 aliphatic heterocycles. The molecule has 17 heavy (non-hydrogen) atoms. The Morgan fingerprint density at radius 1 is 1.18 bits per heavy atom. The summed E-state index contributed by atoms with van der Waals surface area (Å²) in [7, 11) is 3.20. The average Bonchev–Trinajstić information content (AvgIpc) is 2.36. The molecule has 1 heterocycles. The molecule has 0 saturated heterocycles. The fourth-order valence-corrected chi connectivity index (χ4v) is 1.97. The Kier molecular flexibility index (Phi) is 3.15. The third-order valence-corrected chi connectivity index (χ3v) is 2.71. The van der Waals surface area contributed by atoms with Gasteiger partial charge in [-0.1, -0.05) is 0 Å². The quantitative estimate of drug-likeness (QED) is 0.881. The minimum absolute atomic E-state index is 0.0522. The van der Waals surface area contributed by atoms with Gasteiger partial charge in [0.15, 0.2) is 0 Å². The number of methoxy groups -OCH3 is 2. The predicted octanol–water partition coefficient (Wildman–Crippen LogP) is 2.05. The maximum atomic E-state index is 9.42. The Balaban J connectivity index is 2.89. The molecule has 0 unspecified atom stereocenters. The summed E-state index contributed by atoms with van der Waals surface area (Å²) in [6, 6.07) is 5.48. The second-order valence-electron chi connectivity index (χ2n) is 3.77. The molecule has 0 amide bonds. The van der Waals surface area contributed by atoms with Crippen molar-refractivity contribution in [1.82, 2.24) is 4.98 Å². The summed E-state index contributed by atoms with van der Waals surface area (Å²) in [6.45, 7) is 1.83. The van der Waals surface area contributed by atoms with Gasteiger partial charge in [0.2, 0.25) is 0 Å². The van der Waals surface area contributed by atoms with Crippen LogP contribution in [0.5, 0.6) is 11.5 Å². The molecule has 0 aliphatic rings. The molecule has 1 aromatic carbocycles. The maximum absolute atomic E-state index is 9.42. The van der Waals surface area contributed by atoms with E-state index in [1.165, 1.54) is 0 Å². The number of benzene rings is 1. The minimum atomic E-state index is -0.0522. The van der Waals surface area contributed by atoms with Gasteiger partial charge in [0.1, 0.15) is 17.0 Å². The molecule has 2 aromatic rings. The lowest BCUT2D eigenvalue weighted by molar-refractivity contribution is 0.282. The number of hydrogen-bond acceptors (Lipinski definition) is 4. The van der Waals surface area contributed by atoms with Crippen LogP contribution in [-0.2, 0) is 6.61 Å². The average molecular weight is 233 g/mol. The molecule has 0 saturated carbocycles. The Morgan fingerprint density at radius 2 is 1.82 bits per heavy atom. The molecule has 90 valence electrons. The largest absolute Gasteiger partial charge is 0.496 e. The van der Waals surface area contributed by atoms with Crippen molar-refractivity contribution in [3.8, 4) is 11.5 Å². The van der Waals surface area contributed by atoms with Crippen molar-refractivity contribution in [2.45, 2.75) is 13.5 Å². The van der Waals surface area contributed by atoms with Crippen molar-refractivity contribution in [2.75, 3.05) is 14.2 Å². The summed E-state index contributed by atoms with van der Waals surface area (Å²) < 4.78 is 10.6. The first-order valence-corrected chi connectivity index (χ1v) is 5.33. The number of aryl methyl sites for hydroxylation is 1. The first-order chi connectivity index (χ1) is 8.21. The lowest BCUT2D eigenvalue weighted by Crippen LogP contribution is -1.97. The molecular weight excluding hydrogens is 218 g/mol. The van der Waals surface area contributed by atoms with E-state index in [2.05, 4.69) is 4.98 Å². The summed E-state index contributed by atoms with van der Waals surface area (Å²) in [4.78, 5) is 4.45. The van der Waals surface area contributed by atoms with E-state index in [1.807, 2.05) is 25.1 Å². The smallest absolute Gasteiger partial charge is 0.145 e. The van der Waals surface area contributed by atoms with E-state index in [0.29, 0.717) is 11.5 Å². The molecule has 0 bridgehead atoms. The zero-order valence-electron chi connectivity index (χ0n) is 10.2. The summed E-state index contributed by atoms with van der Waals surface area (Å²) in [5.74, 6) is 1.37. The van der Waals surface area contributed by atoms with Crippen molar-refractivity contribution in [3.63, 3.8) is 0 Å². The van der Waals surface area contributed by atoms with Crippen LogP contribution < -0.4 is 9.47 Å². The van der Waals surface area contributed by atoms with Gasteiger partial charge in [-0.3, -0.25) is 0 Å². The highest BCUT2D eigenvalue weighted by Crippen LogP contribution is 2.34. The third kappa shape index (κ3) is 1.91. The van der Waals surface area contributed by atoms with Crippen LogP contribution in [0.2, 0.25) is 0 Å². The molecule has 4 heteroatoms. The molecule has 0 atom stereocenters. The van der Waals surface area contributed by atoms with Crippen LogP contribution in [0.15, 0.2) is 18.2 Å². The maximum Gasteiger partial charge on any atom is 0.145 e. The fourth-order valence-electron chi connectivity index (χ4n) is 1.97. The van der Waals surface area contributed by atoms with E-state index in [0.717, 1.165) is 22.2 Å². The van der Waals surface area contributed by atoms with Gasteiger partial charge < -0.3 is 14.6 Å². The normalized spacial score (nSPS) is 10.6. The summed E-state index contributed by atoms with van der Waals surface area (Å²) in [5, 5.41) is 10.2. The third-order valence-electron chi connectivity index (χ3n) is 2.71. The molecule has 2 rings (SSSR count). The molecule has 4 nitrogen and oxygen atoms in total. The van der Waals surface area contributed by atoms with Crippen LogP contribution in [0.4, 0.5) is 0 Å². The molecular formula is C13H15NO3. The molecule has 0 radical (unpaired) electrons. The van der Waals surface area contributed by atoms with Gasteiger partial charge in [-0.15, -0.1) is 0 Å². The Labute approximate surface area is 99.8 Å². The SMILES string of the molecule is COc1ccc(OC)c2c(CO)cc(C)nc12. The minimum Gasteiger partial charge on any atom is -0.496 e. The number of fused-ring (bicyclic) bond motifs is 1. The van der Waals surface area contributed by atoms with Crippen LogP contribution in [0.25, 0.3) is 10.9 Å². The highest BCUT2D eigenvalue weighted by atomic mass is 16.5.